The smallest absolute Gasteiger partial charge is 0.283 e. The average Bonchev–Trinajstić information content (AvgIpc) is 3.22. The molecule has 0 aromatic heterocycles. The zero-order valence-electron chi connectivity index (χ0n) is 13.3. The zero-order chi connectivity index (χ0) is 16.5. The van der Waals surface area contributed by atoms with E-state index in [2.05, 4.69) is 16.2 Å². The van der Waals surface area contributed by atoms with Crippen molar-refractivity contribution in [2.24, 2.45) is 11.8 Å². The molecule has 7 heteroatoms. The first-order chi connectivity index (χ1) is 11.7. The van der Waals surface area contributed by atoms with Crippen LogP contribution in [0.4, 0.5) is 0 Å². The molecule has 0 spiro atoms. The fourth-order valence-electron chi connectivity index (χ4n) is 3.97. The van der Waals surface area contributed by atoms with E-state index < -0.39 is 6.10 Å². The number of rotatable bonds is 2. The molecular weight excluding hydrogens is 326 g/mol. The van der Waals surface area contributed by atoms with Crippen LogP contribution in [0.5, 0.6) is 11.5 Å². The largest absolute Gasteiger partial charge is 0.485 e. The fourth-order valence-corrected chi connectivity index (χ4v) is 4.18. The molecule has 1 aliphatic heterocycles. The third-order valence-electron chi connectivity index (χ3n) is 5.15. The lowest BCUT2D eigenvalue weighted by molar-refractivity contribution is -0.130. The van der Waals surface area contributed by atoms with E-state index in [0.29, 0.717) is 22.7 Å². The summed E-state index contributed by atoms with van der Waals surface area (Å²) in [7, 11) is 0. The van der Waals surface area contributed by atoms with Gasteiger partial charge in [-0.3, -0.25) is 15.6 Å². The lowest BCUT2D eigenvalue weighted by Crippen LogP contribution is -2.55. The van der Waals surface area contributed by atoms with Crippen LogP contribution >= 0.6 is 12.2 Å². The van der Waals surface area contributed by atoms with E-state index in [9.17, 15) is 4.79 Å². The minimum Gasteiger partial charge on any atom is -0.485 e. The number of benzene rings is 1. The maximum atomic E-state index is 12.2. The second-order valence-corrected chi connectivity index (χ2v) is 7.14. The predicted octanol–water partition coefficient (Wildman–Crippen LogP) is 1.51. The highest BCUT2D eigenvalue weighted by Crippen LogP contribution is 2.44. The molecule has 1 heterocycles. The van der Waals surface area contributed by atoms with Crippen molar-refractivity contribution in [1.82, 2.24) is 16.2 Å². The van der Waals surface area contributed by atoms with Gasteiger partial charge in [-0.15, -0.1) is 0 Å². The van der Waals surface area contributed by atoms with E-state index in [-0.39, 0.29) is 12.5 Å². The van der Waals surface area contributed by atoms with Crippen molar-refractivity contribution < 1.29 is 14.3 Å². The van der Waals surface area contributed by atoms with E-state index in [4.69, 9.17) is 21.7 Å². The molecule has 6 nitrogen and oxygen atoms in total. The number of hydrazine groups is 1. The van der Waals surface area contributed by atoms with Gasteiger partial charge in [0.15, 0.2) is 16.6 Å². The Bertz CT molecular complexity index is 654. The summed E-state index contributed by atoms with van der Waals surface area (Å²) >= 11 is 5.28. The summed E-state index contributed by atoms with van der Waals surface area (Å²) < 4.78 is 11.2. The van der Waals surface area contributed by atoms with Crippen LogP contribution < -0.4 is 25.6 Å². The molecule has 2 aliphatic carbocycles. The molecule has 1 aromatic rings. The van der Waals surface area contributed by atoms with Crippen LogP contribution in [0.2, 0.25) is 0 Å². The number of para-hydroxylation sites is 2. The topological polar surface area (TPSA) is 71.6 Å². The molecule has 1 aromatic carbocycles. The summed E-state index contributed by atoms with van der Waals surface area (Å²) in [6.07, 6.45) is 4.41. The first-order valence-corrected chi connectivity index (χ1v) is 8.84. The molecule has 2 fully saturated rings. The Kier molecular flexibility index (Phi) is 4.18. The number of ether oxygens (including phenoxy) is 2. The van der Waals surface area contributed by atoms with Gasteiger partial charge in [0.1, 0.15) is 6.61 Å². The molecule has 1 amide bonds. The minimum absolute atomic E-state index is 0.178. The Balaban J connectivity index is 1.24. The van der Waals surface area contributed by atoms with Crippen molar-refractivity contribution in [3.8, 4) is 11.5 Å². The number of fused-ring (bicyclic) bond motifs is 3. The third kappa shape index (κ3) is 3.13. The molecule has 24 heavy (non-hydrogen) atoms. The van der Waals surface area contributed by atoms with Crippen molar-refractivity contribution in [2.75, 3.05) is 6.61 Å². The predicted molar refractivity (Wildman–Crippen MR) is 92.6 cm³/mol. The normalized spacial score (nSPS) is 29.8. The number of hydrogen-bond donors (Lipinski definition) is 3. The second kappa shape index (κ2) is 6.47. The first-order valence-electron chi connectivity index (χ1n) is 8.44. The lowest BCUT2D eigenvalue weighted by Gasteiger charge is -2.27. The molecule has 3 aliphatic rings. The molecule has 0 radical (unpaired) electrons. The summed E-state index contributed by atoms with van der Waals surface area (Å²) in [4.78, 5) is 12.2. The lowest BCUT2D eigenvalue weighted by atomic mass is 9.96. The first kappa shape index (κ1) is 15.5. The van der Waals surface area contributed by atoms with Gasteiger partial charge < -0.3 is 14.8 Å². The summed E-state index contributed by atoms with van der Waals surface area (Å²) in [6, 6.07) is 7.74. The van der Waals surface area contributed by atoms with Crippen molar-refractivity contribution in [1.29, 1.82) is 0 Å². The Morgan fingerprint density at radius 1 is 1.12 bits per heavy atom. The van der Waals surface area contributed by atoms with Crippen LogP contribution in [0.1, 0.15) is 25.7 Å². The van der Waals surface area contributed by atoms with Gasteiger partial charge in [-0.1, -0.05) is 18.6 Å². The van der Waals surface area contributed by atoms with Crippen LogP contribution in [0, 0.1) is 11.8 Å². The summed E-state index contributed by atoms with van der Waals surface area (Å²) in [5.74, 6) is 2.49. The van der Waals surface area contributed by atoms with Gasteiger partial charge in [-0.25, -0.2) is 0 Å². The Hall–Kier alpha value is -2.02. The molecule has 4 rings (SSSR count). The monoisotopic (exact) mass is 347 g/mol. The van der Waals surface area contributed by atoms with Gasteiger partial charge in [0, 0.05) is 6.04 Å². The number of nitrogens with one attached hydrogen (secondary N) is 3. The number of carbonyl (C=O) groups excluding carboxylic acids is 1. The average molecular weight is 347 g/mol. The van der Waals surface area contributed by atoms with Gasteiger partial charge in [0.25, 0.3) is 5.91 Å². The van der Waals surface area contributed by atoms with Crippen LogP contribution in [0.3, 0.4) is 0 Å². The summed E-state index contributed by atoms with van der Waals surface area (Å²) in [6.45, 7) is 0.178. The van der Waals surface area contributed by atoms with Crippen LogP contribution in [-0.4, -0.2) is 29.8 Å². The van der Waals surface area contributed by atoms with Crippen molar-refractivity contribution in [3.63, 3.8) is 0 Å². The number of amides is 1. The van der Waals surface area contributed by atoms with E-state index in [1.54, 1.807) is 6.07 Å². The fraction of sp³-hybridized carbons (Fsp3) is 0.529. The highest BCUT2D eigenvalue weighted by atomic mass is 32.1. The third-order valence-corrected chi connectivity index (χ3v) is 5.37. The Labute approximate surface area is 146 Å². The molecule has 0 saturated heterocycles. The maximum Gasteiger partial charge on any atom is 0.283 e. The SMILES string of the molecule is O=C(NNC(=S)NC1CC2CCC1C2)C1COc2ccccc2O1. The van der Waals surface area contributed by atoms with E-state index in [1.807, 2.05) is 18.2 Å². The number of thiocarbonyl (C=S) groups is 1. The van der Waals surface area contributed by atoms with E-state index in [1.165, 1.54) is 25.7 Å². The number of hydrogen-bond acceptors (Lipinski definition) is 4. The molecule has 4 unspecified atom stereocenters. The Morgan fingerprint density at radius 3 is 2.71 bits per heavy atom. The molecule has 128 valence electrons. The summed E-state index contributed by atoms with van der Waals surface area (Å²) in [5, 5.41) is 3.77. The Morgan fingerprint density at radius 2 is 1.96 bits per heavy atom. The van der Waals surface area contributed by atoms with Gasteiger partial charge in [0.05, 0.1) is 0 Å². The summed E-state index contributed by atoms with van der Waals surface area (Å²) in [5.41, 5.74) is 5.38. The van der Waals surface area contributed by atoms with Crippen LogP contribution in [0.15, 0.2) is 24.3 Å². The second-order valence-electron chi connectivity index (χ2n) is 6.73. The van der Waals surface area contributed by atoms with Gasteiger partial charge in [-0.2, -0.15) is 0 Å². The van der Waals surface area contributed by atoms with Crippen molar-refractivity contribution >= 4 is 23.2 Å². The molecular formula is C17H21N3O3S. The van der Waals surface area contributed by atoms with Gasteiger partial charge in [0.2, 0.25) is 6.10 Å². The molecule has 4 atom stereocenters. The number of carbonyl (C=O) groups is 1. The quantitative estimate of drug-likeness (QED) is 0.556. The van der Waals surface area contributed by atoms with Crippen LogP contribution in [-0.2, 0) is 4.79 Å². The van der Waals surface area contributed by atoms with Crippen LogP contribution in [0.25, 0.3) is 0 Å². The highest BCUT2D eigenvalue weighted by Gasteiger charge is 2.39. The highest BCUT2D eigenvalue weighted by molar-refractivity contribution is 7.80. The van der Waals surface area contributed by atoms with E-state index in [0.717, 1.165) is 11.8 Å². The zero-order valence-corrected chi connectivity index (χ0v) is 14.1. The standard InChI is InChI=1S/C17H21N3O3S/c21-16(15-9-22-13-3-1-2-4-14(13)23-15)19-20-17(24)18-12-8-10-5-6-11(12)7-10/h1-4,10-12,15H,5-9H2,(H,19,21)(H2,18,20,24). The van der Waals surface area contributed by atoms with Gasteiger partial charge in [-0.05, 0) is 55.4 Å². The minimum atomic E-state index is -0.697. The van der Waals surface area contributed by atoms with Crippen molar-refractivity contribution in [3.05, 3.63) is 24.3 Å². The van der Waals surface area contributed by atoms with E-state index >= 15 is 0 Å². The maximum absolute atomic E-state index is 12.2. The molecule has 3 N–H and O–H groups in total. The molecule has 2 bridgehead atoms. The molecule has 2 saturated carbocycles. The van der Waals surface area contributed by atoms with Gasteiger partial charge >= 0.3 is 0 Å². The van der Waals surface area contributed by atoms with Crippen molar-refractivity contribution in [2.45, 2.75) is 37.8 Å².